The van der Waals surface area contributed by atoms with E-state index in [2.05, 4.69) is 15.5 Å². The Morgan fingerprint density at radius 2 is 1.68 bits per heavy atom. The number of benzene rings is 3. The van der Waals surface area contributed by atoms with Gasteiger partial charge >= 0.3 is 0 Å². The lowest BCUT2D eigenvalue weighted by Gasteiger charge is -2.13. The monoisotopic (exact) mass is 435 g/mol. The molecule has 6 heteroatoms. The summed E-state index contributed by atoms with van der Waals surface area (Å²) >= 11 is 5.92. The van der Waals surface area contributed by atoms with Gasteiger partial charge in [0.25, 0.3) is 11.8 Å². The Morgan fingerprint density at radius 1 is 0.968 bits per heavy atom. The Kier molecular flexibility index (Phi) is 7.82. The summed E-state index contributed by atoms with van der Waals surface area (Å²) in [4.78, 5) is 27.7. The number of hydrogen-bond acceptors (Lipinski definition) is 3. The van der Waals surface area contributed by atoms with E-state index >= 15 is 0 Å². The fraction of sp³-hybridized carbons (Fsp3) is 0.200. The lowest BCUT2D eigenvalue weighted by Crippen LogP contribution is -2.36. The van der Waals surface area contributed by atoms with Gasteiger partial charge in [0.05, 0.1) is 0 Å². The molecule has 3 aromatic carbocycles. The fourth-order valence-electron chi connectivity index (χ4n) is 3.18. The maximum atomic E-state index is 12.9. The minimum atomic E-state index is -0.369. The Bertz CT molecular complexity index is 1090. The lowest BCUT2D eigenvalue weighted by atomic mass is 10.0. The molecule has 0 fully saturated rings. The molecule has 31 heavy (non-hydrogen) atoms. The van der Waals surface area contributed by atoms with Crippen molar-refractivity contribution in [3.8, 4) is 0 Å². The molecule has 3 aromatic rings. The van der Waals surface area contributed by atoms with Crippen molar-refractivity contribution in [1.29, 1.82) is 0 Å². The van der Waals surface area contributed by atoms with Gasteiger partial charge in [-0.2, -0.15) is 0 Å². The Balaban J connectivity index is 1.87. The highest BCUT2D eigenvalue weighted by atomic mass is 35.5. The van der Waals surface area contributed by atoms with Gasteiger partial charge in [0, 0.05) is 17.1 Å². The van der Waals surface area contributed by atoms with E-state index in [9.17, 15) is 9.59 Å². The molecule has 0 aromatic heterocycles. The summed E-state index contributed by atoms with van der Waals surface area (Å²) in [5.41, 5.74) is 1.47. The molecule has 0 heterocycles. The van der Waals surface area contributed by atoms with Crippen LogP contribution in [0.4, 0.5) is 0 Å². The molecule has 0 atom stereocenters. The zero-order valence-corrected chi connectivity index (χ0v) is 18.4. The topological polar surface area (TPSA) is 61.4 Å². The summed E-state index contributed by atoms with van der Waals surface area (Å²) < 4.78 is 0. The minimum Gasteiger partial charge on any atom is -0.351 e. The van der Waals surface area contributed by atoms with Crippen molar-refractivity contribution in [2.75, 3.05) is 27.2 Å². The molecule has 2 amide bonds. The number of carbonyl (C=O) groups is 2. The highest BCUT2D eigenvalue weighted by Crippen LogP contribution is 2.21. The second-order valence-corrected chi connectivity index (χ2v) is 7.94. The SMILES string of the molecule is CN(C)CCCNC(=O)/C(=C/c1cccc2ccccc12)NC(=O)c1ccc(Cl)cc1. The highest BCUT2D eigenvalue weighted by molar-refractivity contribution is 6.30. The van der Waals surface area contributed by atoms with E-state index in [1.165, 1.54) is 0 Å². The molecule has 0 radical (unpaired) electrons. The quantitative estimate of drug-likeness (QED) is 0.409. The number of carbonyl (C=O) groups excluding carboxylic acids is 2. The van der Waals surface area contributed by atoms with E-state index in [1.54, 1.807) is 30.3 Å². The Morgan fingerprint density at radius 3 is 2.42 bits per heavy atom. The minimum absolute atomic E-state index is 0.196. The number of hydrogen-bond donors (Lipinski definition) is 2. The van der Waals surface area contributed by atoms with Gasteiger partial charge in [0.1, 0.15) is 5.70 Å². The van der Waals surface area contributed by atoms with Crippen LogP contribution in [0, 0.1) is 0 Å². The third-order valence-electron chi connectivity index (χ3n) is 4.79. The molecule has 0 saturated carbocycles. The molecule has 2 N–H and O–H groups in total. The second-order valence-electron chi connectivity index (χ2n) is 7.50. The van der Waals surface area contributed by atoms with Gasteiger partial charge in [-0.05, 0) is 73.7 Å². The Hall–Kier alpha value is -3.15. The van der Waals surface area contributed by atoms with E-state index in [1.807, 2.05) is 56.6 Å². The molecule has 0 saturated heterocycles. The molecule has 0 spiro atoms. The van der Waals surface area contributed by atoms with Crippen molar-refractivity contribution < 1.29 is 9.59 Å². The van der Waals surface area contributed by atoms with Crippen LogP contribution in [0.3, 0.4) is 0 Å². The number of nitrogens with zero attached hydrogens (tertiary/aromatic N) is 1. The third kappa shape index (κ3) is 6.41. The summed E-state index contributed by atoms with van der Waals surface area (Å²) in [6, 6.07) is 20.3. The molecule has 0 aliphatic rings. The van der Waals surface area contributed by atoms with E-state index in [0.29, 0.717) is 17.1 Å². The average molecular weight is 436 g/mol. The van der Waals surface area contributed by atoms with Crippen LogP contribution >= 0.6 is 11.6 Å². The zero-order valence-electron chi connectivity index (χ0n) is 17.7. The van der Waals surface area contributed by atoms with E-state index in [0.717, 1.165) is 29.3 Å². The maximum Gasteiger partial charge on any atom is 0.267 e. The smallest absolute Gasteiger partial charge is 0.267 e. The molecule has 0 aliphatic carbocycles. The number of fused-ring (bicyclic) bond motifs is 1. The van der Waals surface area contributed by atoms with Gasteiger partial charge in [0.15, 0.2) is 0 Å². The first-order valence-electron chi connectivity index (χ1n) is 10.1. The van der Waals surface area contributed by atoms with Crippen LogP contribution in [0.15, 0.2) is 72.4 Å². The first-order chi connectivity index (χ1) is 14.9. The van der Waals surface area contributed by atoms with Gasteiger partial charge in [-0.25, -0.2) is 0 Å². The fourth-order valence-corrected chi connectivity index (χ4v) is 3.30. The summed E-state index contributed by atoms with van der Waals surface area (Å²) in [5, 5.41) is 8.28. The van der Waals surface area contributed by atoms with Crippen LogP contribution in [-0.4, -0.2) is 43.9 Å². The predicted octanol–water partition coefficient (Wildman–Crippen LogP) is 4.33. The molecular formula is C25H26ClN3O2. The van der Waals surface area contributed by atoms with Crippen LogP contribution < -0.4 is 10.6 Å². The summed E-state index contributed by atoms with van der Waals surface area (Å²) in [6.45, 7) is 1.38. The molecule has 160 valence electrons. The molecule has 3 rings (SSSR count). The number of rotatable bonds is 8. The lowest BCUT2D eigenvalue weighted by molar-refractivity contribution is -0.117. The number of nitrogens with one attached hydrogen (secondary N) is 2. The predicted molar refractivity (Wildman–Crippen MR) is 127 cm³/mol. The maximum absolute atomic E-state index is 12.9. The van der Waals surface area contributed by atoms with Crippen LogP contribution in [0.25, 0.3) is 16.8 Å². The van der Waals surface area contributed by atoms with Crippen molar-refractivity contribution in [2.45, 2.75) is 6.42 Å². The van der Waals surface area contributed by atoms with Gasteiger partial charge in [-0.15, -0.1) is 0 Å². The standard InChI is InChI=1S/C25H26ClN3O2/c1-29(2)16-6-15-27-25(31)23(28-24(30)19-11-13-21(26)14-12-19)17-20-9-5-8-18-7-3-4-10-22(18)20/h3-5,7-14,17H,6,15-16H2,1-2H3,(H,27,31)(H,28,30)/b23-17-. The van der Waals surface area contributed by atoms with Crippen LogP contribution in [-0.2, 0) is 4.79 Å². The molecular weight excluding hydrogens is 410 g/mol. The molecule has 0 bridgehead atoms. The molecule has 5 nitrogen and oxygen atoms in total. The van der Waals surface area contributed by atoms with Gasteiger partial charge in [0.2, 0.25) is 0 Å². The van der Waals surface area contributed by atoms with Gasteiger partial charge in [-0.3, -0.25) is 9.59 Å². The van der Waals surface area contributed by atoms with Crippen molar-refractivity contribution in [3.05, 3.63) is 88.6 Å². The highest BCUT2D eigenvalue weighted by Gasteiger charge is 2.15. The average Bonchev–Trinajstić information content (AvgIpc) is 2.76. The van der Waals surface area contributed by atoms with Crippen molar-refractivity contribution in [1.82, 2.24) is 15.5 Å². The molecule has 0 aliphatic heterocycles. The van der Waals surface area contributed by atoms with Crippen molar-refractivity contribution >= 4 is 40.3 Å². The van der Waals surface area contributed by atoms with Crippen LogP contribution in [0.2, 0.25) is 5.02 Å². The Labute approximate surface area is 187 Å². The van der Waals surface area contributed by atoms with Crippen molar-refractivity contribution in [3.63, 3.8) is 0 Å². The normalized spacial score (nSPS) is 11.5. The number of halogens is 1. The number of amides is 2. The van der Waals surface area contributed by atoms with Crippen LogP contribution in [0.5, 0.6) is 0 Å². The first-order valence-corrected chi connectivity index (χ1v) is 10.5. The van der Waals surface area contributed by atoms with E-state index < -0.39 is 0 Å². The van der Waals surface area contributed by atoms with E-state index in [-0.39, 0.29) is 17.5 Å². The third-order valence-corrected chi connectivity index (χ3v) is 5.04. The van der Waals surface area contributed by atoms with Gasteiger partial charge < -0.3 is 15.5 Å². The largest absolute Gasteiger partial charge is 0.351 e. The summed E-state index contributed by atoms with van der Waals surface area (Å²) in [5.74, 6) is -0.694. The van der Waals surface area contributed by atoms with Crippen molar-refractivity contribution in [2.24, 2.45) is 0 Å². The second kappa shape index (κ2) is 10.8. The van der Waals surface area contributed by atoms with E-state index in [4.69, 9.17) is 11.6 Å². The first kappa shape index (κ1) is 22.5. The summed E-state index contributed by atoms with van der Waals surface area (Å²) in [7, 11) is 3.97. The molecule has 0 unspecified atom stereocenters. The summed E-state index contributed by atoms with van der Waals surface area (Å²) in [6.07, 6.45) is 2.53. The van der Waals surface area contributed by atoms with Gasteiger partial charge in [-0.1, -0.05) is 54.1 Å². The zero-order chi connectivity index (χ0) is 22.2. The van der Waals surface area contributed by atoms with Crippen LogP contribution in [0.1, 0.15) is 22.3 Å².